The van der Waals surface area contributed by atoms with Crippen molar-refractivity contribution in [2.24, 2.45) is 0 Å². The highest BCUT2D eigenvalue weighted by molar-refractivity contribution is 6.33. The van der Waals surface area contributed by atoms with E-state index < -0.39 is 0 Å². The summed E-state index contributed by atoms with van der Waals surface area (Å²) in [5.74, 6) is 0.118. The summed E-state index contributed by atoms with van der Waals surface area (Å²) in [5.41, 5.74) is 0.603. The molecule has 2 rings (SSSR count). The number of ketones is 1. The number of carbonyl (C=O) groups excluding carboxylic acids is 2. The van der Waals surface area contributed by atoms with Gasteiger partial charge in [-0.2, -0.15) is 0 Å². The van der Waals surface area contributed by atoms with Crippen LogP contribution < -0.4 is 5.32 Å². The smallest absolute Gasteiger partial charge is 0.321 e. The lowest BCUT2D eigenvalue weighted by atomic mass is 9.98. The third-order valence-corrected chi connectivity index (χ3v) is 3.86. The number of hydrogen-bond acceptors (Lipinski definition) is 2. The van der Waals surface area contributed by atoms with Gasteiger partial charge in [-0.25, -0.2) is 4.79 Å². The fourth-order valence-electron chi connectivity index (χ4n) is 2.56. The molecule has 1 saturated heterocycles. The predicted molar refractivity (Wildman–Crippen MR) is 80.1 cm³/mol. The molecule has 1 aliphatic rings. The molecular formula is C15H19ClN2O2. The maximum Gasteiger partial charge on any atom is 0.322 e. The average Bonchev–Trinajstić information content (AvgIpc) is 2.41. The number of amides is 2. The van der Waals surface area contributed by atoms with E-state index in [9.17, 15) is 9.59 Å². The van der Waals surface area contributed by atoms with Gasteiger partial charge in [0, 0.05) is 19.0 Å². The van der Waals surface area contributed by atoms with Crippen molar-refractivity contribution in [2.75, 3.05) is 11.9 Å². The van der Waals surface area contributed by atoms with Crippen LogP contribution >= 0.6 is 11.6 Å². The molecule has 2 amide bonds. The number of rotatable bonds is 3. The Kier molecular flexibility index (Phi) is 5.01. The third-order valence-electron chi connectivity index (χ3n) is 3.53. The van der Waals surface area contributed by atoms with Gasteiger partial charge in [-0.05, 0) is 38.3 Å². The van der Waals surface area contributed by atoms with Gasteiger partial charge >= 0.3 is 6.03 Å². The molecule has 1 unspecified atom stereocenters. The maximum atomic E-state index is 12.4. The van der Waals surface area contributed by atoms with Gasteiger partial charge in [-0.15, -0.1) is 0 Å². The Balaban J connectivity index is 2.06. The Morgan fingerprint density at radius 1 is 1.35 bits per heavy atom. The van der Waals surface area contributed by atoms with Crippen molar-refractivity contribution in [1.29, 1.82) is 0 Å². The number of Topliss-reactive ketones (excluding diaryl/α,β-unsaturated/α-hetero) is 1. The average molecular weight is 295 g/mol. The second kappa shape index (κ2) is 6.75. The van der Waals surface area contributed by atoms with Gasteiger partial charge in [-0.1, -0.05) is 23.7 Å². The number of urea groups is 1. The number of para-hydroxylation sites is 1. The molecule has 0 aromatic heterocycles. The van der Waals surface area contributed by atoms with Crippen LogP contribution in [0.15, 0.2) is 24.3 Å². The molecule has 4 nitrogen and oxygen atoms in total. The van der Waals surface area contributed by atoms with Crippen LogP contribution in [0.3, 0.4) is 0 Å². The van der Waals surface area contributed by atoms with E-state index in [0.29, 0.717) is 23.7 Å². The Bertz CT molecular complexity index is 504. The van der Waals surface area contributed by atoms with Crippen LogP contribution in [0.4, 0.5) is 10.5 Å². The Hall–Kier alpha value is -1.55. The summed E-state index contributed by atoms with van der Waals surface area (Å²) in [7, 11) is 0. The number of nitrogens with one attached hydrogen (secondary N) is 1. The van der Waals surface area contributed by atoms with E-state index >= 15 is 0 Å². The lowest BCUT2D eigenvalue weighted by Gasteiger charge is -2.35. The van der Waals surface area contributed by atoms with Crippen molar-refractivity contribution in [1.82, 2.24) is 4.90 Å². The molecule has 0 spiro atoms. The second-order valence-electron chi connectivity index (χ2n) is 5.16. The van der Waals surface area contributed by atoms with Crippen LogP contribution in [0.1, 0.15) is 32.6 Å². The summed E-state index contributed by atoms with van der Waals surface area (Å²) in [4.78, 5) is 25.4. The molecular weight excluding hydrogens is 276 g/mol. The van der Waals surface area contributed by atoms with E-state index in [2.05, 4.69) is 5.32 Å². The van der Waals surface area contributed by atoms with E-state index in [1.54, 1.807) is 24.0 Å². The summed E-state index contributed by atoms with van der Waals surface area (Å²) >= 11 is 6.04. The molecule has 0 saturated carbocycles. The van der Waals surface area contributed by atoms with E-state index in [1.165, 1.54) is 0 Å². The zero-order valence-electron chi connectivity index (χ0n) is 11.6. The van der Waals surface area contributed by atoms with Crippen molar-refractivity contribution in [3.8, 4) is 0 Å². The van der Waals surface area contributed by atoms with Crippen molar-refractivity contribution in [3.05, 3.63) is 29.3 Å². The van der Waals surface area contributed by atoms with Gasteiger partial charge in [0.25, 0.3) is 0 Å². The highest BCUT2D eigenvalue weighted by Crippen LogP contribution is 2.24. The molecule has 1 fully saturated rings. The van der Waals surface area contributed by atoms with Crippen LogP contribution in [-0.2, 0) is 4.79 Å². The van der Waals surface area contributed by atoms with Crippen LogP contribution in [0.5, 0.6) is 0 Å². The molecule has 0 bridgehead atoms. The number of halogens is 1. The molecule has 1 heterocycles. The first kappa shape index (κ1) is 14.9. The highest BCUT2D eigenvalue weighted by atomic mass is 35.5. The predicted octanol–water partition coefficient (Wildman–Crippen LogP) is 3.71. The quantitative estimate of drug-likeness (QED) is 0.924. The molecule has 1 aliphatic heterocycles. The highest BCUT2D eigenvalue weighted by Gasteiger charge is 2.27. The van der Waals surface area contributed by atoms with Gasteiger partial charge in [0.05, 0.1) is 10.7 Å². The van der Waals surface area contributed by atoms with Crippen molar-refractivity contribution in [2.45, 2.75) is 38.6 Å². The van der Waals surface area contributed by atoms with Gasteiger partial charge in [0.1, 0.15) is 5.78 Å². The van der Waals surface area contributed by atoms with Crippen LogP contribution in [0.2, 0.25) is 5.02 Å². The van der Waals surface area contributed by atoms with E-state index in [1.807, 2.05) is 12.1 Å². The van der Waals surface area contributed by atoms with Gasteiger partial charge in [-0.3, -0.25) is 4.79 Å². The van der Waals surface area contributed by atoms with Crippen LogP contribution in [-0.4, -0.2) is 29.3 Å². The summed E-state index contributed by atoms with van der Waals surface area (Å²) in [6.45, 7) is 2.26. The summed E-state index contributed by atoms with van der Waals surface area (Å²) in [5, 5.41) is 3.34. The SMILES string of the molecule is CC(=O)CC1CCCCN1C(=O)Nc1ccccc1Cl. The standard InChI is InChI=1S/C15H19ClN2O2/c1-11(19)10-12-6-4-5-9-18(12)15(20)17-14-8-3-2-7-13(14)16/h2-3,7-8,12H,4-6,9-10H2,1H3,(H,17,20). The topological polar surface area (TPSA) is 49.4 Å². The molecule has 0 radical (unpaired) electrons. The molecule has 5 heteroatoms. The zero-order valence-corrected chi connectivity index (χ0v) is 12.3. The van der Waals surface area contributed by atoms with Crippen molar-refractivity contribution < 1.29 is 9.59 Å². The number of benzene rings is 1. The fourth-order valence-corrected chi connectivity index (χ4v) is 2.74. The number of likely N-dealkylation sites (tertiary alicyclic amines) is 1. The summed E-state index contributed by atoms with van der Waals surface area (Å²) in [6, 6.07) is 6.97. The molecule has 20 heavy (non-hydrogen) atoms. The first-order valence-corrected chi connectivity index (χ1v) is 7.27. The minimum atomic E-state index is -0.177. The van der Waals surface area contributed by atoms with Crippen LogP contribution in [0.25, 0.3) is 0 Å². The number of piperidine rings is 1. The fraction of sp³-hybridized carbons (Fsp3) is 0.467. The molecule has 0 aliphatic carbocycles. The molecule has 1 aromatic rings. The molecule has 1 atom stereocenters. The van der Waals surface area contributed by atoms with Crippen LogP contribution in [0, 0.1) is 0 Å². The van der Waals surface area contributed by atoms with Crippen molar-refractivity contribution >= 4 is 29.1 Å². The van der Waals surface area contributed by atoms with Gasteiger partial charge in [0.2, 0.25) is 0 Å². The molecule has 1 N–H and O–H groups in total. The number of nitrogens with zero attached hydrogens (tertiary/aromatic N) is 1. The lowest BCUT2D eigenvalue weighted by molar-refractivity contribution is -0.118. The zero-order chi connectivity index (χ0) is 14.5. The van der Waals surface area contributed by atoms with Crippen molar-refractivity contribution in [3.63, 3.8) is 0 Å². The first-order valence-electron chi connectivity index (χ1n) is 6.89. The maximum absolute atomic E-state index is 12.4. The normalized spacial score (nSPS) is 18.7. The van der Waals surface area contributed by atoms with E-state index in [4.69, 9.17) is 11.6 Å². The molecule has 108 valence electrons. The summed E-state index contributed by atoms with van der Waals surface area (Å²) in [6.07, 6.45) is 3.35. The van der Waals surface area contributed by atoms with Gasteiger partial charge in [0.15, 0.2) is 0 Å². The molecule has 1 aromatic carbocycles. The largest absolute Gasteiger partial charge is 0.322 e. The number of carbonyl (C=O) groups is 2. The number of anilines is 1. The number of hydrogen-bond donors (Lipinski definition) is 1. The third kappa shape index (κ3) is 3.73. The Morgan fingerprint density at radius 2 is 2.10 bits per heavy atom. The Labute approximate surface area is 124 Å². The minimum absolute atomic E-state index is 0.00346. The van der Waals surface area contributed by atoms with Gasteiger partial charge < -0.3 is 10.2 Å². The Morgan fingerprint density at radius 3 is 2.80 bits per heavy atom. The van der Waals surface area contributed by atoms with E-state index in [-0.39, 0.29) is 17.9 Å². The monoisotopic (exact) mass is 294 g/mol. The van der Waals surface area contributed by atoms with E-state index in [0.717, 1.165) is 19.3 Å². The minimum Gasteiger partial charge on any atom is -0.321 e. The lowest BCUT2D eigenvalue weighted by Crippen LogP contribution is -2.46. The summed E-state index contributed by atoms with van der Waals surface area (Å²) < 4.78 is 0. The first-order chi connectivity index (χ1) is 9.58. The second-order valence-corrected chi connectivity index (χ2v) is 5.57.